The normalized spacial score (nSPS) is 11.4. The SMILES string of the molecule is Cc1cc(F)ccc1Cc1cc(C(F)(F)F)c(Cl)cc1C(=O)Nc1cc[nH]c(=O)c1. The lowest BCUT2D eigenvalue weighted by atomic mass is 9.94. The lowest BCUT2D eigenvalue weighted by Crippen LogP contribution is -2.18. The minimum Gasteiger partial charge on any atom is -0.329 e. The van der Waals surface area contributed by atoms with E-state index in [1.165, 1.54) is 30.5 Å². The summed E-state index contributed by atoms with van der Waals surface area (Å²) in [6.45, 7) is 1.62. The molecule has 0 saturated carbocycles. The van der Waals surface area contributed by atoms with Gasteiger partial charge in [0.1, 0.15) is 5.82 Å². The zero-order chi connectivity index (χ0) is 22.1. The molecule has 3 rings (SSSR count). The molecule has 1 amide bonds. The number of rotatable bonds is 4. The van der Waals surface area contributed by atoms with E-state index in [4.69, 9.17) is 11.6 Å². The summed E-state index contributed by atoms with van der Waals surface area (Å²) in [7, 11) is 0. The topological polar surface area (TPSA) is 62.0 Å². The summed E-state index contributed by atoms with van der Waals surface area (Å²) in [5.41, 5.74) is -0.312. The smallest absolute Gasteiger partial charge is 0.329 e. The van der Waals surface area contributed by atoms with Crippen molar-refractivity contribution in [3.8, 4) is 0 Å². The molecule has 0 unspecified atom stereocenters. The van der Waals surface area contributed by atoms with Crippen molar-refractivity contribution < 1.29 is 22.4 Å². The van der Waals surface area contributed by atoms with Crippen LogP contribution in [-0.4, -0.2) is 10.9 Å². The van der Waals surface area contributed by atoms with E-state index in [0.717, 1.165) is 18.2 Å². The largest absolute Gasteiger partial charge is 0.417 e. The average molecular weight is 439 g/mol. The van der Waals surface area contributed by atoms with Crippen LogP contribution in [0.5, 0.6) is 0 Å². The van der Waals surface area contributed by atoms with Gasteiger partial charge in [0, 0.05) is 23.5 Å². The Morgan fingerprint density at radius 2 is 1.83 bits per heavy atom. The number of carbonyl (C=O) groups excluding carboxylic acids is 1. The highest BCUT2D eigenvalue weighted by atomic mass is 35.5. The molecule has 0 aliphatic carbocycles. The van der Waals surface area contributed by atoms with E-state index < -0.39 is 34.0 Å². The van der Waals surface area contributed by atoms with Gasteiger partial charge in [0.25, 0.3) is 5.91 Å². The van der Waals surface area contributed by atoms with Crippen molar-refractivity contribution in [1.29, 1.82) is 0 Å². The molecule has 30 heavy (non-hydrogen) atoms. The van der Waals surface area contributed by atoms with E-state index >= 15 is 0 Å². The Hall–Kier alpha value is -3.13. The zero-order valence-electron chi connectivity index (χ0n) is 15.5. The van der Waals surface area contributed by atoms with Gasteiger partial charge >= 0.3 is 6.18 Å². The number of amides is 1. The highest BCUT2D eigenvalue weighted by Crippen LogP contribution is 2.37. The third kappa shape index (κ3) is 4.88. The Balaban J connectivity index is 2.07. The van der Waals surface area contributed by atoms with Crippen LogP contribution in [0.4, 0.5) is 23.2 Å². The molecule has 0 spiro atoms. The molecule has 0 aliphatic rings. The molecule has 156 valence electrons. The first kappa shape index (κ1) is 21.6. The molecule has 0 radical (unpaired) electrons. The summed E-state index contributed by atoms with van der Waals surface area (Å²) in [6.07, 6.45) is -3.45. The van der Waals surface area contributed by atoms with Gasteiger partial charge in [-0.1, -0.05) is 17.7 Å². The van der Waals surface area contributed by atoms with Gasteiger partial charge in [0.2, 0.25) is 5.56 Å². The minimum atomic E-state index is -4.72. The van der Waals surface area contributed by atoms with Crippen molar-refractivity contribution in [2.75, 3.05) is 5.32 Å². The molecule has 2 aromatic carbocycles. The van der Waals surface area contributed by atoms with Gasteiger partial charge < -0.3 is 10.3 Å². The lowest BCUT2D eigenvalue weighted by molar-refractivity contribution is -0.137. The molecule has 0 aliphatic heterocycles. The number of aromatic amines is 1. The van der Waals surface area contributed by atoms with Crippen LogP contribution in [0, 0.1) is 12.7 Å². The standard InChI is InChI=1S/C21H15ClF4N2O2/c1-11-6-14(23)3-2-12(11)7-13-8-17(21(24,25)26)18(22)10-16(13)20(30)28-15-4-5-27-19(29)9-15/h2-6,8-10H,7H2,1H3,(H2,27,28,29,30). The Morgan fingerprint density at radius 3 is 2.47 bits per heavy atom. The number of pyridine rings is 1. The fourth-order valence-corrected chi connectivity index (χ4v) is 3.25. The monoisotopic (exact) mass is 438 g/mol. The molecule has 0 saturated heterocycles. The van der Waals surface area contributed by atoms with E-state index in [2.05, 4.69) is 10.3 Å². The zero-order valence-corrected chi connectivity index (χ0v) is 16.3. The second-order valence-corrected chi connectivity index (χ2v) is 7.04. The maximum absolute atomic E-state index is 13.4. The number of anilines is 1. The Bertz CT molecular complexity index is 1170. The number of benzene rings is 2. The lowest BCUT2D eigenvalue weighted by Gasteiger charge is -2.16. The Labute approximate surface area is 173 Å². The number of H-pyrrole nitrogens is 1. The Morgan fingerprint density at radius 1 is 1.10 bits per heavy atom. The van der Waals surface area contributed by atoms with Crippen LogP contribution in [-0.2, 0) is 12.6 Å². The molecule has 1 aromatic heterocycles. The van der Waals surface area contributed by atoms with Crippen molar-refractivity contribution in [3.63, 3.8) is 0 Å². The van der Waals surface area contributed by atoms with Gasteiger partial charge in [0.15, 0.2) is 0 Å². The number of carbonyl (C=O) groups is 1. The van der Waals surface area contributed by atoms with Crippen molar-refractivity contribution >= 4 is 23.2 Å². The summed E-state index contributed by atoms with van der Waals surface area (Å²) >= 11 is 5.81. The predicted octanol–water partition coefficient (Wildman–Crippen LogP) is 5.34. The van der Waals surface area contributed by atoms with E-state index in [9.17, 15) is 27.2 Å². The van der Waals surface area contributed by atoms with Crippen molar-refractivity contribution in [3.05, 3.63) is 97.7 Å². The van der Waals surface area contributed by atoms with E-state index in [0.29, 0.717) is 11.1 Å². The molecule has 4 nitrogen and oxygen atoms in total. The van der Waals surface area contributed by atoms with E-state index in [1.807, 2.05) is 0 Å². The summed E-state index contributed by atoms with van der Waals surface area (Å²) in [5, 5.41) is 1.85. The fraction of sp³-hybridized carbons (Fsp3) is 0.143. The van der Waals surface area contributed by atoms with E-state index in [-0.39, 0.29) is 23.2 Å². The molecule has 0 fully saturated rings. The van der Waals surface area contributed by atoms with Gasteiger partial charge in [-0.15, -0.1) is 0 Å². The highest BCUT2D eigenvalue weighted by Gasteiger charge is 2.34. The van der Waals surface area contributed by atoms with Crippen LogP contribution in [0.2, 0.25) is 5.02 Å². The molecule has 1 heterocycles. The van der Waals surface area contributed by atoms with Crippen LogP contribution in [0.15, 0.2) is 53.5 Å². The van der Waals surface area contributed by atoms with Crippen molar-refractivity contribution in [2.24, 2.45) is 0 Å². The maximum atomic E-state index is 13.4. The van der Waals surface area contributed by atoms with Gasteiger partial charge in [-0.3, -0.25) is 9.59 Å². The van der Waals surface area contributed by atoms with E-state index in [1.54, 1.807) is 6.92 Å². The number of hydrogen-bond donors (Lipinski definition) is 2. The number of halogens is 5. The first-order valence-electron chi connectivity index (χ1n) is 8.69. The van der Waals surface area contributed by atoms with Crippen LogP contribution in [0.1, 0.15) is 32.6 Å². The van der Waals surface area contributed by atoms with Crippen LogP contribution in [0.25, 0.3) is 0 Å². The van der Waals surface area contributed by atoms with Gasteiger partial charge in [-0.2, -0.15) is 13.2 Å². The second kappa shape index (κ2) is 8.31. The maximum Gasteiger partial charge on any atom is 0.417 e. The number of hydrogen-bond acceptors (Lipinski definition) is 2. The van der Waals surface area contributed by atoms with Crippen molar-refractivity contribution in [1.82, 2.24) is 4.98 Å². The van der Waals surface area contributed by atoms with Gasteiger partial charge in [0.05, 0.1) is 10.6 Å². The molecular weight excluding hydrogens is 424 g/mol. The summed E-state index contributed by atoms with van der Waals surface area (Å²) in [5.74, 6) is -1.21. The van der Waals surface area contributed by atoms with Gasteiger partial charge in [-0.05, 0) is 60.4 Å². The molecule has 2 N–H and O–H groups in total. The third-order valence-electron chi connectivity index (χ3n) is 4.46. The summed E-state index contributed by atoms with van der Waals surface area (Å²) in [6, 6.07) is 8.22. The molecule has 0 bridgehead atoms. The van der Waals surface area contributed by atoms with Crippen LogP contribution in [0.3, 0.4) is 0 Å². The Kier molecular flexibility index (Phi) is 5.98. The molecular formula is C21H15ClF4N2O2. The minimum absolute atomic E-state index is 0.0511. The quantitative estimate of drug-likeness (QED) is 0.540. The molecule has 3 aromatic rings. The average Bonchev–Trinajstić information content (AvgIpc) is 2.64. The molecule has 9 heteroatoms. The molecule has 0 atom stereocenters. The number of alkyl halides is 3. The first-order valence-corrected chi connectivity index (χ1v) is 9.07. The highest BCUT2D eigenvalue weighted by molar-refractivity contribution is 6.32. The number of aryl methyl sites for hydroxylation is 1. The number of nitrogens with one attached hydrogen (secondary N) is 2. The fourth-order valence-electron chi connectivity index (χ4n) is 2.98. The first-order chi connectivity index (χ1) is 14.0. The number of aromatic nitrogens is 1. The predicted molar refractivity (Wildman–Crippen MR) is 105 cm³/mol. The van der Waals surface area contributed by atoms with Crippen LogP contribution >= 0.6 is 11.6 Å². The van der Waals surface area contributed by atoms with Crippen molar-refractivity contribution in [2.45, 2.75) is 19.5 Å². The summed E-state index contributed by atoms with van der Waals surface area (Å²) < 4.78 is 53.4. The van der Waals surface area contributed by atoms with Crippen LogP contribution < -0.4 is 10.9 Å². The van der Waals surface area contributed by atoms with Gasteiger partial charge in [-0.25, -0.2) is 4.39 Å². The second-order valence-electron chi connectivity index (χ2n) is 6.63. The summed E-state index contributed by atoms with van der Waals surface area (Å²) in [4.78, 5) is 26.6. The third-order valence-corrected chi connectivity index (χ3v) is 4.77.